The van der Waals surface area contributed by atoms with Crippen molar-refractivity contribution in [2.45, 2.75) is 50.9 Å². The first-order valence-electron chi connectivity index (χ1n) is 6.88. The number of ether oxygens (including phenoxy) is 1. The summed E-state index contributed by atoms with van der Waals surface area (Å²) in [5.41, 5.74) is 0. The van der Waals surface area contributed by atoms with Crippen LogP contribution in [0.5, 0.6) is 0 Å². The fourth-order valence-corrected chi connectivity index (χ4v) is 3.06. The minimum absolute atomic E-state index is 0.00689. The number of carbonyl (C=O) groups is 1. The van der Waals surface area contributed by atoms with Crippen LogP contribution in [0.1, 0.15) is 38.9 Å². The highest BCUT2D eigenvalue weighted by atomic mass is 32.2. The Morgan fingerprint density at radius 3 is 2.85 bits per heavy atom. The summed E-state index contributed by atoms with van der Waals surface area (Å²) in [5, 5.41) is 17.9. The van der Waals surface area contributed by atoms with Gasteiger partial charge in [-0.2, -0.15) is 0 Å². The summed E-state index contributed by atoms with van der Waals surface area (Å²) in [5.74, 6) is 0.782. The summed E-state index contributed by atoms with van der Waals surface area (Å²) in [6.45, 7) is 7.81. The summed E-state index contributed by atoms with van der Waals surface area (Å²) < 4.78 is 7.66. The molecule has 1 aliphatic rings. The molecule has 0 bridgehead atoms. The van der Waals surface area contributed by atoms with Crippen molar-refractivity contribution in [3.8, 4) is 0 Å². The van der Waals surface area contributed by atoms with E-state index in [1.165, 1.54) is 11.8 Å². The Hall–Kier alpha value is -1.08. The Balaban J connectivity index is 2.17. The molecule has 1 N–H and O–H groups in total. The van der Waals surface area contributed by atoms with Crippen molar-refractivity contribution >= 4 is 17.7 Å². The van der Waals surface area contributed by atoms with Gasteiger partial charge < -0.3 is 14.4 Å². The monoisotopic (exact) mass is 299 g/mol. The van der Waals surface area contributed by atoms with Gasteiger partial charge in [-0.1, -0.05) is 25.6 Å². The van der Waals surface area contributed by atoms with E-state index >= 15 is 0 Å². The van der Waals surface area contributed by atoms with Crippen LogP contribution >= 0.6 is 11.8 Å². The first-order chi connectivity index (χ1) is 9.49. The lowest BCUT2D eigenvalue weighted by Gasteiger charge is -2.18. The molecule has 0 spiro atoms. The Bertz CT molecular complexity index is 475. The Morgan fingerprint density at radius 1 is 1.55 bits per heavy atom. The molecule has 20 heavy (non-hydrogen) atoms. The molecule has 0 amide bonds. The van der Waals surface area contributed by atoms with Crippen LogP contribution in [0.2, 0.25) is 0 Å². The average Bonchev–Trinajstić information content (AvgIpc) is 2.95. The van der Waals surface area contributed by atoms with Gasteiger partial charge in [0.05, 0.1) is 11.9 Å². The Kier molecular flexibility index (Phi) is 5.04. The minimum Gasteiger partial charge on any atom is -0.481 e. The van der Waals surface area contributed by atoms with Gasteiger partial charge in [0.2, 0.25) is 0 Å². The van der Waals surface area contributed by atoms with Crippen molar-refractivity contribution in [2.75, 3.05) is 12.4 Å². The molecule has 0 radical (unpaired) electrons. The van der Waals surface area contributed by atoms with Crippen molar-refractivity contribution in [1.82, 2.24) is 14.8 Å². The maximum Gasteiger partial charge on any atom is 0.313 e. The Labute approximate surface area is 122 Å². The largest absolute Gasteiger partial charge is 0.481 e. The number of thioether (sulfide) groups is 1. The predicted octanol–water partition coefficient (Wildman–Crippen LogP) is 2.00. The molecule has 7 heteroatoms. The molecule has 2 unspecified atom stereocenters. The fraction of sp³-hybridized carbons (Fsp3) is 0.769. The first kappa shape index (κ1) is 15.3. The number of aliphatic carboxylic acids is 1. The lowest BCUT2D eigenvalue weighted by atomic mass is 10.0. The van der Waals surface area contributed by atoms with Gasteiger partial charge in [0.25, 0.3) is 0 Å². The molecule has 2 rings (SSSR count). The van der Waals surface area contributed by atoms with Crippen LogP contribution in [0.4, 0.5) is 0 Å². The molecule has 2 heterocycles. The zero-order valence-corrected chi connectivity index (χ0v) is 12.9. The molecule has 1 aliphatic heterocycles. The summed E-state index contributed by atoms with van der Waals surface area (Å²) in [7, 11) is 0. The second kappa shape index (κ2) is 6.58. The highest BCUT2D eigenvalue weighted by Gasteiger charge is 2.27. The number of carboxylic acids is 1. The standard InChI is InChI=1S/C13H21N3O3S/c1-8(2)12-14-15-13(20-7-11(17)18)16(12)6-10-4-5-19-9(10)3/h8-10H,4-7H2,1-3H3,(H,17,18). The van der Waals surface area contributed by atoms with Crippen molar-refractivity contribution in [3.63, 3.8) is 0 Å². The highest BCUT2D eigenvalue weighted by Crippen LogP contribution is 2.27. The van der Waals surface area contributed by atoms with Gasteiger partial charge >= 0.3 is 5.97 Å². The quantitative estimate of drug-likeness (QED) is 0.810. The van der Waals surface area contributed by atoms with E-state index in [4.69, 9.17) is 9.84 Å². The SMILES string of the molecule is CC(C)c1nnc(SCC(=O)O)n1CC1CCOC1C. The smallest absolute Gasteiger partial charge is 0.313 e. The molecule has 1 aromatic rings. The molecule has 1 aromatic heterocycles. The lowest BCUT2D eigenvalue weighted by molar-refractivity contribution is -0.133. The minimum atomic E-state index is -0.840. The van der Waals surface area contributed by atoms with E-state index in [9.17, 15) is 4.79 Å². The maximum absolute atomic E-state index is 10.7. The second-order valence-corrected chi connectivity index (χ2v) is 6.36. The number of nitrogens with zero attached hydrogens (tertiary/aromatic N) is 3. The van der Waals surface area contributed by atoms with Gasteiger partial charge in [-0.15, -0.1) is 10.2 Å². The van der Waals surface area contributed by atoms with E-state index in [0.717, 1.165) is 25.4 Å². The van der Waals surface area contributed by atoms with Crippen LogP contribution in [-0.2, 0) is 16.1 Å². The molecule has 1 saturated heterocycles. The first-order valence-corrected chi connectivity index (χ1v) is 7.87. The van der Waals surface area contributed by atoms with Crippen LogP contribution in [0, 0.1) is 5.92 Å². The predicted molar refractivity (Wildman–Crippen MR) is 76.0 cm³/mol. The molecule has 6 nitrogen and oxygen atoms in total. The van der Waals surface area contributed by atoms with Gasteiger partial charge in [0.1, 0.15) is 5.82 Å². The molecule has 112 valence electrons. The molecule has 0 saturated carbocycles. The maximum atomic E-state index is 10.7. The van der Waals surface area contributed by atoms with E-state index in [1.807, 2.05) is 0 Å². The van der Waals surface area contributed by atoms with E-state index in [1.54, 1.807) is 0 Å². The molecule has 2 atom stereocenters. The van der Waals surface area contributed by atoms with Crippen LogP contribution in [0.15, 0.2) is 5.16 Å². The van der Waals surface area contributed by atoms with Gasteiger partial charge in [-0.05, 0) is 13.3 Å². The van der Waals surface area contributed by atoms with Crippen LogP contribution < -0.4 is 0 Å². The lowest BCUT2D eigenvalue weighted by Crippen LogP contribution is -2.20. The molecular weight excluding hydrogens is 278 g/mol. The average molecular weight is 299 g/mol. The van der Waals surface area contributed by atoms with E-state index < -0.39 is 5.97 Å². The van der Waals surface area contributed by atoms with Gasteiger partial charge in [-0.25, -0.2) is 0 Å². The number of hydrogen-bond acceptors (Lipinski definition) is 5. The normalized spacial score (nSPS) is 22.6. The third-order valence-electron chi connectivity index (χ3n) is 3.54. The molecule has 1 fully saturated rings. The summed E-state index contributed by atoms with van der Waals surface area (Å²) in [4.78, 5) is 10.7. The van der Waals surface area contributed by atoms with Crippen molar-refractivity contribution in [1.29, 1.82) is 0 Å². The third kappa shape index (κ3) is 3.52. The molecule has 0 aliphatic carbocycles. The van der Waals surface area contributed by atoms with Crippen molar-refractivity contribution < 1.29 is 14.6 Å². The fourth-order valence-electron chi connectivity index (χ4n) is 2.38. The Morgan fingerprint density at radius 2 is 2.30 bits per heavy atom. The van der Waals surface area contributed by atoms with Crippen LogP contribution in [0.3, 0.4) is 0 Å². The topological polar surface area (TPSA) is 77.2 Å². The van der Waals surface area contributed by atoms with Crippen LogP contribution in [-0.4, -0.2) is 44.3 Å². The van der Waals surface area contributed by atoms with Crippen molar-refractivity contribution in [3.05, 3.63) is 5.82 Å². The van der Waals surface area contributed by atoms with Crippen molar-refractivity contribution in [2.24, 2.45) is 5.92 Å². The summed E-state index contributed by atoms with van der Waals surface area (Å²) in [6.07, 6.45) is 1.26. The van der Waals surface area contributed by atoms with E-state index in [2.05, 4.69) is 35.5 Å². The van der Waals surface area contributed by atoms with Crippen LogP contribution in [0.25, 0.3) is 0 Å². The van der Waals surface area contributed by atoms with Gasteiger partial charge in [-0.3, -0.25) is 4.79 Å². The number of carboxylic acid groups (broad SMARTS) is 1. The van der Waals surface area contributed by atoms with E-state index in [0.29, 0.717) is 11.1 Å². The number of aromatic nitrogens is 3. The highest BCUT2D eigenvalue weighted by molar-refractivity contribution is 7.99. The zero-order valence-electron chi connectivity index (χ0n) is 12.1. The van der Waals surface area contributed by atoms with Gasteiger partial charge in [0, 0.05) is 25.0 Å². The molecule has 0 aromatic carbocycles. The van der Waals surface area contributed by atoms with Gasteiger partial charge in [0.15, 0.2) is 5.16 Å². The third-order valence-corrected chi connectivity index (χ3v) is 4.49. The summed E-state index contributed by atoms with van der Waals surface area (Å²) >= 11 is 1.23. The molecular formula is C13H21N3O3S. The number of rotatable bonds is 6. The second-order valence-electron chi connectivity index (χ2n) is 5.41. The zero-order chi connectivity index (χ0) is 14.7. The summed E-state index contributed by atoms with van der Waals surface area (Å²) in [6, 6.07) is 0. The number of hydrogen-bond donors (Lipinski definition) is 1. The van der Waals surface area contributed by atoms with E-state index in [-0.39, 0.29) is 17.8 Å².